The molecule has 110 valence electrons. The maximum absolute atomic E-state index is 11.6. The van der Waals surface area contributed by atoms with Crippen molar-refractivity contribution in [2.45, 2.75) is 19.1 Å². The van der Waals surface area contributed by atoms with Crippen molar-refractivity contribution in [1.29, 1.82) is 0 Å². The molecule has 3 N–H and O–H groups in total. The molecule has 1 aliphatic heterocycles. The summed E-state index contributed by atoms with van der Waals surface area (Å²) in [6, 6.07) is -0.275. The van der Waals surface area contributed by atoms with Crippen LogP contribution in [-0.4, -0.2) is 52.7 Å². The fourth-order valence-electron chi connectivity index (χ4n) is 1.73. The van der Waals surface area contributed by atoms with Crippen molar-refractivity contribution in [3.63, 3.8) is 0 Å². The number of aliphatic carboxylic acids is 1. The number of carbonyl (C=O) groups excluding carboxylic acids is 1. The first kappa shape index (κ1) is 16.5. The number of hydrogen-bond donors (Lipinski definition) is 3. The van der Waals surface area contributed by atoms with E-state index in [0.29, 0.717) is 11.8 Å². The molecule has 19 heavy (non-hydrogen) atoms. The Morgan fingerprint density at radius 2 is 2.05 bits per heavy atom. The van der Waals surface area contributed by atoms with E-state index in [1.165, 1.54) is 5.75 Å². The van der Waals surface area contributed by atoms with Gasteiger partial charge in [0.15, 0.2) is 0 Å². The molecule has 1 heterocycles. The van der Waals surface area contributed by atoms with Gasteiger partial charge in [0.2, 0.25) is 0 Å². The lowest BCUT2D eigenvalue weighted by atomic mass is 9.96. The summed E-state index contributed by atoms with van der Waals surface area (Å²) in [5, 5.41) is 14.9. The quantitative estimate of drug-likeness (QED) is 0.693. The maximum Gasteiger partial charge on any atom is 0.314 e. The molecular weight excluding hydrogens is 284 g/mol. The first-order chi connectivity index (χ1) is 9.00. The molecule has 0 radical (unpaired) electrons. The number of nitrogens with one attached hydrogen (secondary N) is 2. The van der Waals surface area contributed by atoms with Crippen molar-refractivity contribution in [1.82, 2.24) is 10.6 Å². The Morgan fingerprint density at radius 1 is 1.32 bits per heavy atom. The van der Waals surface area contributed by atoms with Crippen LogP contribution in [-0.2, 0) is 4.79 Å². The Hall–Kier alpha value is -0.560. The van der Waals surface area contributed by atoms with E-state index in [1.54, 1.807) is 0 Å². The van der Waals surface area contributed by atoms with Crippen LogP contribution in [0.25, 0.3) is 0 Å². The van der Waals surface area contributed by atoms with Gasteiger partial charge in [-0.1, -0.05) is 13.8 Å². The molecule has 5 nitrogen and oxygen atoms in total. The van der Waals surface area contributed by atoms with Crippen LogP contribution in [0.3, 0.4) is 0 Å². The Kier molecular flexibility index (Phi) is 7.45. The molecule has 2 amide bonds. The second kappa shape index (κ2) is 8.58. The fourth-order valence-corrected chi connectivity index (χ4v) is 4.35. The van der Waals surface area contributed by atoms with Crippen molar-refractivity contribution in [3.8, 4) is 0 Å². The molecule has 7 heteroatoms. The number of carbonyl (C=O) groups is 2. The summed E-state index contributed by atoms with van der Waals surface area (Å²) in [5.74, 6) is 1.98. The van der Waals surface area contributed by atoms with Crippen molar-refractivity contribution < 1.29 is 14.7 Å². The smallest absolute Gasteiger partial charge is 0.314 e. The molecule has 1 aliphatic rings. The number of thioether (sulfide) groups is 2. The lowest BCUT2D eigenvalue weighted by Crippen LogP contribution is -2.43. The van der Waals surface area contributed by atoms with Crippen LogP contribution in [0.1, 0.15) is 13.8 Å². The summed E-state index contributed by atoms with van der Waals surface area (Å²) >= 11 is 3.79. The Labute approximate surface area is 122 Å². The average molecular weight is 306 g/mol. The molecule has 0 saturated carbocycles. The highest BCUT2D eigenvalue weighted by molar-refractivity contribution is 8.06. The van der Waals surface area contributed by atoms with Crippen LogP contribution in [0.2, 0.25) is 0 Å². The fraction of sp³-hybridized carbons (Fsp3) is 0.833. The summed E-state index contributed by atoms with van der Waals surface area (Å²) in [5.41, 5.74) is 0. The molecule has 1 saturated heterocycles. The van der Waals surface area contributed by atoms with Gasteiger partial charge in [0, 0.05) is 35.6 Å². The van der Waals surface area contributed by atoms with Crippen LogP contribution in [0.15, 0.2) is 0 Å². The normalized spacial score (nSPS) is 20.9. The van der Waals surface area contributed by atoms with Crippen LogP contribution in [0.4, 0.5) is 4.79 Å². The molecule has 0 aromatic carbocycles. The second-order valence-corrected chi connectivity index (χ2v) is 7.41. The first-order valence-corrected chi connectivity index (χ1v) is 8.65. The van der Waals surface area contributed by atoms with Crippen LogP contribution in [0, 0.1) is 11.8 Å². The predicted molar refractivity (Wildman–Crippen MR) is 80.9 cm³/mol. The summed E-state index contributed by atoms with van der Waals surface area (Å²) in [4.78, 5) is 22.6. The number of amides is 2. The van der Waals surface area contributed by atoms with Crippen LogP contribution in [0.5, 0.6) is 0 Å². The van der Waals surface area contributed by atoms with E-state index in [-0.39, 0.29) is 18.5 Å². The summed E-state index contributed by atoms with van der Waals surface area (Å²) < 4.78 is 0. The van der Waals surface area contributed by atoms with Crippen molar-refractivity contribution >= 4 is 35.5 Å². The highest BCUT2D eigenvalue weighted by Crippen LogP contribution is 2.23. The standard InChI is InChI=1S/C12H22N2O3S2/c1-8(2)10(11(15)16)6-14-12(17)13-5-9-7-18-3-4-19-9/h8-10H,3-7H2,1-2H3,(H,15,16)(H2,13,14,17). The average Bonchev–Trinajstić information content (AvgIpc) is 2.37. The molecule has 2 unspecified atom stereocenters. The summed E-state index contributed by atoms with van der Waals surface area (Å²) in [6.45, 7) is 4.50. The summed E-state index contributed by atoms with van der Waals surface area (Å²) in [7, 11) is 0. The van der Waals surface area contributed by atoms with E-state index >= 15 is 0 Å². The van der Waals surface area contributed by atoms with Gasteiger partial charge in [-0.25, -0.2) is 4.79 Å². The zero-order valence-electron chi connectivity index (χ0n) is 11.3. The minimum absolute atomic E-state index is 0.00287. The minimum Gasteiger partial charge on any atom is -0.481 e. The molecule has 2 atom stereocenters. The topological polar surface area (TPSA) is 78.4 Å². The van der Waals surface area contributed by atoms with E-state index in [9.17, 15) is 9.59 Å². The number of hydrogen-bond acceptors (Lipinski definition) is 4. The molecule has 0 aromatic heterocycles. The van der Waals surface area contributed by atoms with E-state index in [1.807, 2.05) is 37.4 Å². The van der Waals surface area contributed by atoms with Gasteiger partial charge in [-0.3, -0.25) is 4.79 Å². The van der Waals surface area contributed by atoms with Gasteiger partial charge >= 0.3 is 12.0 Å². The van der Waals surface area contributed by atoms with Gasteiger partial charge in [0.1, 0.15) is 0 Å². The van der Waals surface area contributed by atoms with Gasteiger partial charge in [0.05, 0.1) is 5.92 Å². The SMILES string of the molecule is CC(C)C(CNC(=O)NCC1CSCCS1)C(=O)O. The maximum atomic E-state index is 11.6. The zero-order valence-corrected chi connectivity index (χ0v) is 13.0. The van der Waals surface area contributed by atoms with Crippen molar-refractivity contribution in [2.24, 2.45) is 11.8 Å². The zero-order chi connectivity index (χ0) is 14.3. The molecule has 0 aromatic rings. The van der Waals surface area contributed by atoms with Gasteiger partial charge in [-0.15, -0.1) is 0 Å². The number of rotatable bonds is 6. The minimum atomic E-state index is -0.866. The van der Waals surface area contributed by atoms with Crippen molar-refractivity contribution in [2.75, 3.05) is 30.3 Å². The monoisotopic (exact) mass is 306 g/mol. The number of carboxylic acids is 1. The van der Waals surface area contributed by atoms with Crippen LogP contribution >= 0.6 is 23.5 Å². The predicted octanol–water partition coefficient (Wildman–Crippen LogP) is 1.49. The number of carboxylic acid groups (broad SMARTS) is 1. The summed E-state index contributed by atoms with van der Waals surface area (Å²) in [6.07, 6.45) is 0. The lowest BCUT2D eigenvalue weighted by Gasteiger charge is -2.22. The van der Waals surface area contributed by atoms with Gasteiger partial charge < -0.3 is 15.7 Å². The third-order valence-electron chi connectivity index (χ3n) is 2.98. The Balaban J connectivity index is 2.21. The Bertz CT molecular complexity index is 307. The third kappa shape index (κ3) is 6.42. The highest BCUT2D eigenvalue weighted by Gasteiger charge is 2.22. The van der Waals surface area contributed by atoms with Crippen molar-refractivity contribution in [3.05, 3.63) is 0 Å². The van der Waals surface area contributed by atoms with Crippen LogP contribution < -0.4 is 10.6 Å². The molecule has 1 rings (SSSR count). The Morgan fingerprint density at radius 3 is 2.58 bits per heavy atom. The molecule has 1 fully saturated rings. The number of urea groups is 1. The van der Waals surface area contributed by atoms with Gasteiger partial charge in [0.25, 0.3) is 0 Å². The molecule has 0 spiro atoms. The highest BCUT2D eigenvalue weighted by atomic mass is 32.2. The van der Waals surface area contributed by atoms with E-state index in [0.717, 1.165) is 11.5 Å². The van der Waals surface area contributed by atoms with E-state index < -0.39 is 11.9 Å². The first-order valence-electron chi connectivity index (χ1n) is 6.44. The molecular formula is C12H22N2O3S2. The van der Waals surface area contributed by atoms with E-state index in [4.69, 9.17) is 5.11 Å². The molecule has 0 aliphatic carbocycles. The third-order valence-corrected chi connectivity index (χ3v) is 5.82. The second-order valence-electron chi connectivity index (χ2n) is 4.85. The van der Waals surface area contributed by atoms with Gasteiger partial charge in [-0.2, -0.15) is 23.5 Å². The largest absolute Gasteiger partial charge is 0.481 e. The lowest BCUT2D eigenvalue weighted by molar-refractivity contribution is -0.142. The van der Waals surface area contributed by atoms with Gasteiger partial charge in [-0.05, 0) is 5.92 Å². The molecule has 0 bridgehead atoms. The van der Waals surface area contributed by atoms with E-state index in [2.05, 4.69) is 10.6 Å².